The number of methoxy groups -OCH3 is 1. The summed E-state index contributed by atoms with van der Waals surface area (Å²) in [6, 6.07) is 9.55. The van der Waals surface area contributed by atoms with Crippen LogP contribution in [-0.4, -0.2) is 50.5 Å². The van der Waals surface area contributed by atoms with Crippen LogP contribution in [0.25, 0.3) is 22.6 Å². The number of thiophene rings is 1. The summed E-state index contributed by atoms with van der Waals surface area (Å²) < 4.78 is 7.27. The molecule has 1 saturated heterocycles. The van der Waals surface area contributed by atoms with Crippen molar-refractivity contribution in [2.45, 2.75) is 12.5 Å². The largest absolute Gasteiger partial charge is 0.481 e. The van der Waals surface area contributed by atoms with Crippen LogP contribution < -0.4 is 4.74 Å². The van der Waals surface area contributed by atoms with E-state index in [2.05, 4.69) is 26.0 Å². The first-order valence-corrected chi connectivity index (χ1v) is 10.3. The first-order valence-electron chi connectivity index (χ1n) is 9.39. The number of nitrogens with zero attached hydrogens (tertiary/aromatic N) is 5. The lowest BCUT2D eigenvalue weighted by Crippen LogP contribution is -2.29. The minimum absolute atomic E-state index is 0.0166. The number of imidazole rings is 1. The molecule has 1 aliphatic rings. The van der Waals surface area contributed by atoms with Crippen LogP contribution >= 0.6 is 11.3 Å². The van der Waals surface area contributed by atoms with E-state index in [9.17, 15) is 4.79 Å². The van der Waals surface area contributed by atoms with Gasteiger partial charge >= 0.3 is 0 Å². The number of ether oxygens (including phenoxy) is 1. The highest BCUT2D eigenvalue weighted by molar-refractivity contribution is 7.08. The fraction of sp³-hybridized carbons (Fsp3) is 0.238. The SMILES string of the molecule is COc1ccc(C(=O)N2CC[C@H](n3c(-c4ccsc4)nc4cccnc43)C2)cn1. The molecular weight excluding hydrogens is 386 g/mol. The Hall–Kier alpha value is -3.26. The molecule has 5 heterocycles. The van der Waals surface area contributed by atoms with Crippen molar-refractivity contribution in [3.05, 3.63) is 59.0 Å². The number of pyridine rings is 2. The van der Waals surface area contributed by atoms with Gasteiger partial charge in [-0.25, -0.2) is 15.0 Å². The standard InChI is InChI=1S/C21H19N5O2S/c1-28-18-5-4-14(11-23-18)21(27)25-9-6-16(12-25)26-19(15-7-10-29-13-15)24-17-3-2-8-22-20(17)26/h2-5,7-8,10-11,13,16H,6,9,12H2,1H3/t16-/m0/s1. The number of carbonyl (C=O) groups is 1. The monoisotopic (exact) mass is 405 g/mol. The van der Waals surface area contributed by atoms with E-state index in [0.29, 0.717) is 24.5 Å². The van der Waals surface area contributed by atoms with E-state index in [-0.39, 0.29) is 11.9 Å². The fourth-order valence-electron chi connectivity index (χ4n) is 3.82. The van der Waals surface area contributed by atoms with E-state index in [4.69, 9.17) is 9.72 Å². The summed E-state index contributed by atoms with van der Waals surface area (Å²) >= 11 is 1.65. The summed E-state index contributed by atoms with van der Waals surface area (Å²) in [4.78, 5) is 28.4. The second-order valence-electron chi connectivity index (χ2n) is 6.95. The molecule has 1 fully saturated rings. The summed E-state index contributed by atoms with van der Waals surface area (Å²) in [5.41, 5.74) is 3.38. The van der Waals surface area contributed by atoms with Gasteiger partial charge < -0.3 is 14.2 Å². The van der Waals surface area contributed by atoms with Gasteiger partial charge in [-0.05, 0) is 36.1 Å². The first kappa shape index (κ1) is 17.8. The minimum atomic E-state index is -0.0166. The molecule has 8 heteroatoms. The molecule has 0 N–H and O–H groups in total. The molecule has 7 nitrogen and oxygen atoms in total. The van der Waals surface area contributed by atoms with Crippen LogP contribution in [0, 0.1) is 0 Å². The molecule has 0 aromatic carbocycles. The Bertz CT molecular complexity index is 1150. The maximum absolute atomic E-state index is 12.9. The Labute approximate surface area is 171 Å². The van der Waals surface area contributed by atoms with Gasteiger partial charge in [-0.15, -0.1) is 0 Å². The summed E-state index contributed by atoms with van der Waals surface area (Å²) in [7, 11) is 1.56. The predicted molar refractivity (Wildman–Crippen MR) is 111 cm³/mol. The highest BCUT2D eigenvalue weighted by Crippen LogP contribution is 2.33. The second kappa shape index (κ2) is 7.29. The third-order valence-electron chi connectivity index (χ3n) is 5.24. The van der Waals surface area contributed by atoms with Crippen molar-refractivity contribution < 1.29 is 9.53 Å². The molecule has 4 aromatic rings. The van der Waals surface area contributed by atoms with E-state index in [1.165, 1.54) is 0 Å². The van der Waals surface area contributed by atoms with Gasteiger partial charge in [-0.2, -0.15) is 11.3 Å². The molecule has 1 atom stereocenters. The number of hydrogen-bond acceptors (Lipinski definition) is 6. The molecule has 0 aliphatic carbocycles. The molecule has 1 amide bonds. The van der Waals surface area contributed by atoms with Crippen LogP contribution in [0.1, 0.15) is 22.8 Å². The smallest absolute Gasteiger partial charge is 0.255 e. The van der Waals surface area contributed by atoms with Crippen molar-refractivity contribution >= 4 is 28.4 Å². The van der Waals surface area contributed by atoms with Crippen LogP contribution in [0.3, 0.4) is 0 Å². The van der Waals surface area contributed by atoms with Crippen LogP contribution in [-0.2, 0) is 0 Å². The minimum Gasteiger partial charge on any atom is -0.481 e. The third-order valence-corrected chi connectivity index (χ3v) is 5.92. The quantitative estimate of drug-likeness (QED) is 0.518. The second-order valence-corrected chi connectivity index (χ2v) is 7.73. The molecule has 29 heavy (non-hydrogen) atoms. The Morgan fingerprint density at radius 3 is 2.93 bits per heavy atom. The molecule has 0 radical (unpaired) electrons. The van der Waals surface area contributed by atoms with Gasteiger partial charge in [0.2, 0.25) is 5.88 Å². The van der Waals surface area contributed by atoms with Gasteiger partial charge in [0.25, 0.3) is 5.91 Å². The van der Waals surface area contributed by atoms with Crippen molar-refractivity contribution in [3.8, 4) is 17.3 Å². The van der Waals surface area contributed by atoms with Crippen LogP contribution in [0.4, 0.5) is 0 Å². The van der Waals surface area contributed by atoms with Crippen molar-refractivity contribution in [2.75, 3.05) is 20.2 Å². The first-order chi connectivity index (χ1) is 14.2. The summed E-state index contributed by atoms with van der Waals surface area (Å²) in [6.45, 7) is 1.30. The summed E-state index contributed by atoms with van der Waals surface area (Å²) in [5, 5.41) is 4.15. The van der Waals surface area contributed by atoms with Crippen LogP contribution in [0.5, 0.6) is 5.88 Å². The van der Waals surface area contributed by atoms with E-state index in [0.717, 1.165) is 29.0 Å². The number of aromatic nitrogens is 4. The predicted octanol–water partition coefficient (Wildman–Crippen LogP) is 3.65. The summed E-state index contributed by atoms with van der Waals surface area (Å²) in [5.74, 6) is 1.39. The molecule has 0 bridgehead atoms. The highest BCUT2D eigenvalue weighted by atomic mass is 32.1. The van der Waals surface area contributed by atoms with E-state index >= 15 is 0 Å². The number of fused-ring (bicyclic) bond motifs is 1. The van der Waals surface area contributed by atoms with Gasteiger partial charge in [-0.1, -0.05) is 0 Å². The normalized spacial score (nSPS) is 16.4. The molecule has 0 unspecified atom stereocenters. The molecule has 0 saturated carbocycles. The van der Waals surface area contributed by atoms with Crippen LogP contribution in [0.15, 0.2) is 53.5 Å². The Morgan fingerprint density at radius 2 is 2.17 bits per heavy atom. The number of rotatable bonds is 4. The topological polar surface area (TPSA) is 73.1 Å². The summed E-state index contributed by atoms with van der Waals surface area (Å²) in [6.07, 6.45) is 4.22. The highest BCUT2D eigenvalue weighted by Gasteiger charge is 2.31. The average Bonchev–Trinajstić information content (AvgIpc) is 3.52. The van der Waals surface area contributed by atoms with Gasteiger partial charge in [-0.3, -0.25) is 4.79 Å². The number of amides is 1. The van der Waals surface area contributed by atoms with Gasteiger partial charge in [0, 0.05) is 42.5 Å². The van der Waals surface area contributed by atoms with E-state index in [1.807, 2.05) is 22.4 Å². The van der Waals surface area contributed by atoms with E-state index < -0.39 is 0 Å². The fourth-order valence-corrected chi connectivity index (χ4v) is 4.45. The molecule has 1 aliphatic heterocycles. The maximum Gasteiger partial charge on any atom is 0.255 e. The zero-order valence-corrected chi connectivity index (χ0v) is 16.7. The molecule has 4 aromatic heterocycles. The Balaban J connectivity index is 1.46. The van der Waals surface area contributed by atoms with Crippen molar-refractivity contribution in [2.24, 2.45) is 0 Å². The van der Waals surface area contributed by atoms with Crippen molar-refractivity contribution in [1.82, 2.24) is 24.4 Å². The van der Waals surface area contributed by atoms with Crippen LogP contribution in [0.2, 0.25) is 0 Å². The van der Waals surface area contributed by atoms with Gasteiger partial charge in [0.15, 0.2) is 5.65 Å². The van der Waals surface area contributed by atoms with E-state index in [1.54, 1.807) is 43.0 Å². The zero-order valence-electron chi connectivity index (χ0n) is 15.9. The lowest BCUT2D eigenvalue weighted by molar-refractivity contribution is 0.0787. The van der Waals surface area contributed by atoms with Gasteiger partial charge in [0.05, 0.1) is 18.7 Å². The third kappa shape index (κ3) is 3.15. The lowest BCUT2D eigenvalue weighted by Gasteiger charge is -2.18. The maximum atomic E-state index is 12.9. The number of likely N-dealkylation sites (tertiary alicyclic amines) is 1. The van der Waals surface area contributed by atoms with Gasteiger partial charge in [0.1, 0.15) is 11.3 Å². The molecule has 0 spiro atoms. The number of hydrogen-bond donors (Lipinski definition) is 0. The molecule has 146 valence electrons. The zero-order chi connectivity index (χ0) is 19.8. The molecule has 5 rings (SSSR count). The number of carbonyl (C=O) groups excluding carboxylic acids is 1. The Kier molecular flexibility index (Phi) is 4.48. The van der Waals surface area contributed by atoms with Crippen molar-refractivity contribution in [3.63, 3.8) is 0 Å². The Morgan fingerprint density at radius 1 is 1.24 bits per heavy atom. The average molecular weight is 405 g/mol. The van der Waals surface area contributed by atoms with Crippen molar-refractivity contribution in [1.29, 1.82) is 0 Å². The molecular formula is C21H19N5O2S. The lowest BCUT2D eigenvalue weighted by atomic mass is 10.2.